The van der Waals surface area contributed by atoms with Crippen LogP contribution in [0.5, 0.6) is 0 Å². The summed E-state index contributed by atoms with van der Waals surface area (Å²) >= 11 is 0. The lowest BCUT2D eigenvalue weighted by Gasteiger charge is -2.20. The highest BCUT2D eigenvalue weighted by Gasteiger charge is 2.44. The zero-order valence-corrected chi connectivity index (χ0v) is 10.2. The minimum Gasteiger partial charge on any atom is -0.375 e. The van der Waals surface area contributed by atoms with Crippen LogP contribution in [0.3, 0.4) is 0 Å². The number of anilines is 1. The minimum absolute atomic E-state index is 0.282. The fourth-order valence-electron chi connectivity index (χ4n) is 2.36. The van der Waals surface area contributed by atoms with E-state index in [9.17, 15) is 9.90 Å². The maximum Gasteiger partial charge on any atom is 0.261 e. The van der Waals surface area contributed by atoms with E-state index >= 15 is 0 Å². The van der Waals surface area contributed by atoms with Crippen LogP contribution in [-0.4, -0.2) is 11.0 Å². The van der Waals surface area contributed by atoms with Gasteiger partial charge < -0.3 is 10.4 Å². The molecule has 0 spiro atoms. The predicted octanol–water partition coefficient (Wildman–Crippen LogP) is 2.80. The lowest BCUT2D eigenvalue weighted by molar-refractivity contribution is -0.134. The van der Waals surface area contributed by atoms with Gasteiger partial charge in [-0.25, -0.2) is 0 Å². The Kier molecular flexibility index (Phi) is 3.48. The first-order chi connectivity index (χ1) is 8.18. The van der Waals surface area contributed by atoms with E-state index in [0.29, 0.717) is 6.42 Å². The number of nitrogens with one attached hydrogen (secondary N) is 1. The molecule has 0 fully saturated rings. The SMILES string of the molecule is CCCCCCC1(O)C(=O)Nc2ccccc21. The summed E-state index contributed by atoms with van der Waals surface area (Å²) in [4.78, 5) is 11.9. The van der Waals surface area contributed by atoms with E-state index in [1.807, 2.05) is 24.3 Å². The second-order valence-corrected chi connectivity index (χ2v) is 4.67. The molecule has 0 saturated carbocycles. The van der Waals surface area contributed by atoms with Crippen molar-refractivity contribution >= 4 is 11.6 Å². The van der Waals surface area contributed by atoms with E-state index in [2.05, 4.69) is 12.2 Å². The Hall–Kier alpha value is -1.35. The number of amides is 1. The van der Waals surface area contributed by atoms with Gasteiger partial charge in [-0.15, -0.1) is 0 Å². The molecule has 1 aromatic rings. The van der Waals surface area contributed by atoms with Crippen molar-refractivity contribution in [1.82, 2.24) is 0 Å². The van der Waals surface area contributed by atoms with Crippen LogP contribution in [0, 0.1) is 0 Å². The van der Waals surface area contributed by atoms with Crippen molar-refractivity contribution in [3.8, 4) is 0 Å². The van der Waals surface area contributed by atoms with Gasteiger partial charge in [0.2, 0.25) is 0 Å². The topological polar surface area (TPSA) is 49.3 Å². The molecular formula is C14H19NO2. The van der Waals surface area contributed by atoms with Crippen LogP contribution in [0.15, 0.2) is 24.3 Å². The summed E-state index contributed by atoms with van der Waals surface area (Å²) in [6.07, 6.45) is 4.76. The van der Waals surface area contributed by atoms with E-state index in [0.717, 1.165) is 36.9 Å². The maximum atomic E-state index is 11.9. The Bertz CT molecular complexity index is 416. The zero-order valence-electron chi connectivity index (χ0n) is 10.2. The summed E-state index contributed by atoms with van der Waals surface area (Å²) in [6.45, 7) is 2.15. The first-order valence-corrected chi connectivity index (χ1v) is 6.32. The molecule has 3 nitrogen and oxygen atoms in total. The third-order valence-electron chi connectivity index (χ3n) is 3.39. The molecule has 0 bridgehead atoms. The molecular weight excluding hydrogens is 214 g/mol. The molecule has 2 N–H and O–H groups in total. The number of carbonyl (C=O) groups excluding carboxylic acids is 1. The van der Waals surface area contributed by atoms with Gasteiger partial charge >= 0.3 is 0 Å². The van der Waals surface area contributed by atoms with Gasteiger partial charge in [0.25, 0.3) is 5.91 Å². The van der Waals surface area contributed by atoms with Crippen LogP contribution in [0.25, 0.3) is 0 Å². The van der Waals surface area contributed by atoms with Gasteiger partial charge in [0, 0.05) is 11.3 Å². The smallest absolute Gasteiger partial charge is 0.261 e. The van der Waals surface area contributed by atoms with Gasteiger partial charge in [-0.1, -0.05) is 44.4 Å². The van der Waals surface area contributed by atoms with Gasteiger partial charge in [0.1, 0.15) is 0 Å². The highest BCUT2D eigenvalue weighted by molar-refractivity contribution is 6.04. The molecule has 1 aliphatic rings. The van der Waals surface area contributed by atoms with Crippen LogP contribution >= 0.6 is 0 Å². The van der Waals surface area contributed by atoms with Crippen LogP contribution in [0.4, 0.5) is 5.69 Å². The Morgan fingerprint density at radius 1 is 1.24 bits per heavy atom. The molecule has 0 radical (unpaired) electrons. The van der Waals surface area contributed by atoms with Crippen LogP contribution in [0.1, 0.15) is 44.6 Å². The van der Waals surface area contributed by atoms with Crippen molar-refractivity contribution in [1.29, 1.82) is 0 Å². The summed E-state index contributed by atoms with van der Waals surface area (Å²) in [5, 5.41) is 13.2. The molecule has 1 heterocycles. The van der Waals surface area contributed by atoms with Crippen LogP contribution in [-0.2, 0) is 10.4 Å². The normalized spacial score (nSPS) is 22.4. The first kappa shape index (κ1) is 12.1. The third kappa shape index (κ3) is 2.20. The van der Waals surface area contributed by atoms with Gasteiger partial charge in [0.15, 0.2) is 5.60 Å². The highest BCUT2D eigenvalue weighted by atomic mass is 16.3. The van der Waals surface area contributed by atoms with Gasteiger partial charge in [-0.2, -0.15) is 0 Å². The molecule has 1 atom stereocenters. The summed E-state index contributed by atoms with van der Waals surface area (Å²) in [5.74, 6) is -0.282. The number of hydrogen-bond donors (Lipinski definition) is 2. The minimum atomic E-state index is -1.32. The number of rotatable bonds is 5. The highest BCUT2D eigenvalue weighted by Crippen LogP contribution is 2.39. The first-order valence-electron chi connectivity index (χ1n) is 6.32. The Morgan fingerprint density at radius 2 is 2.00 bits per heavy atom. The molecule has 1 aliphatic heterocycles. The predicted molar refractivity (Wildman–Crippen MR) is 67.7 cm³/mol. The molecule has 1 amide bonds. The van der Waals surface area contributed by atoms with Crippen molar-refractivity contribution in [2.75, 3.05) is 5.32 Å². The van der Waals surface area contributed by atoms with Crippen molar-refractivity contribution in [3.63, 3.8) is 0 Å². The van der Waals surface area contributed by atoms with E-state index < -0.39 is 5.60 Å². The molecule has 0 saturated heterocycles. The van der Waals surface area contributed by atoms with E-state index in [1.165, 1.54) is 0 Å². The summed E-state index contributed by atoms with van der Waals surface area (Å²) in [7, 11) is 0. The van der Waals surface area contributed by atoms with Crippen molar-refractivity contribution < 1.29 is 9.90 Å². The van der Waals surface area contributed by atoms with Gasteiger partial charge in [-0.3, -0.25) is 4.79 Å². The average Bonchev–Trinajstić information content (AvgIpc) is 2.59. The Balaban J connectivity index is 2.11. The van der Waals surface area contributed by atoms with Gasteiger partial charge in [0.05, 0.1) is 0 Å². The van der Waals surface area contributed by atoms with Crippen molar-refractivity contribution in [2.24, 2.45) is 0 Å². The van der Waals surface area contributed by atoms with E-state index in [4.69, 9.17) is 0 Å². The van der Waals surface area contributed by atoms with Gasteiger partial charge in [-0.05, 0) is 18.9 Å². The van der Waals surface area contributed by atoms with Crippen molar-refractivity contribution in [3.05, 3.63) is 29.8 Å². The quantitative estimate of drug-likeness (QED) is 0.768. The molecule has 3 heteroatoms. The standard InChI is InChI=1S/C14H19NO2/c1-2-3-4-7-10-14(17)11-8-5-6-9-12(11)15-13(14)16/h5-6,8-9,17H,2-4,7,10H2,1H3,(H,15,16). The molecule has 1 unspecified atom stereocenters. The lowest BCUT2D eigenvalue weighted by Crippen LogP contribution is -2.34. The maximum absolute atomic E-state index is 11.9. The molecule has 92 valence electrons. The van der Waals surface area contributed by atoms with E-state index in [-0.39, 0.29) is 5.91 Å². The van der Waals surface area contributed by atoms with E-state index in [1.54, 1.807) is 0 Å². The number of aliphatic hydroxyl groups is 1. The Labute approximate surface area is 102 Å². The van der Waals surface area contributed by atoms with Crippen LogP contribution < -0.4 is 5.32 Å². The molecule has 0 aliphatic carbocycles. The number of unbranched alkanes of at least 4 members (excludes halogenated alkanes) is 3. The number of carbonyl (C=O) groups is 1. The monoisotopic (exact) mass is 233 g/mol. The average molecular weight is 233 g/mol. The molecule has 17 heavy (non-hydrogen) atoms. The molecule has 0 aromatic heterocycles. The largest absolute Gasteiger partial charge is 0.375 e. The molecule has 1 aromatic carbocycles. The fraction of sp³-hybridized carbons (Fsp3) is 0.500. The number of fused-ring (bicyclic) bond motifs is 1. The molecule has 2 rings (SSSR count). The zero-order chi connectivity index (χ0) is 12.3. The van der Waals surface area contributed by atoms with Crippen LogP contribution in [0.2, 0.25) is 0 Å². The Morgan fingerprint density at radius 3 is 2.76 bits per heavy atom. The fourth-order valence-corrected chi connectivity index (χ4v) is 2.36. The summed E-state index contributed by atoms with van der Waals surface area (Å²) < 4.78 is 0. The second kappa shape index (κ2) is 4.88. The van der Waals surface area contributed by atoms with Crippen molar-refractivity contribution in [2.45, 2.75) is 44.6 Å². The summed E-state index contributed by atoms with van der Waals surface area (Å²) in [6, 6.07) is 7.38. The summed E-state index contributed by atoms with van der Waals surface area (Å²) in [5.41, 5.74) is 0.154. The third-order valence-corrected chi connectivity index (χ3v) is 3.39. The number of benzene rings is 1. The number of para-hydroxylation sites is 1. The number of hydrogen-bond acceptors (Lipinski definition) is 2. The lowest BCUT2D eigenvalue weighted by atomic mass is 9.89. The second-order valence-electron chi connectivity index (χ2n) is 4.67.